The van der Waals surface area contributed by atoms with Gasteiger partial charge < -0.3 is 10.5 Å². The summed E-state index contributed by atoms with van der Waals surface area (Å²) in [4.78, 5) is 0. The first-order valence-corrected chi connectivity index (χ1v) is 5.92. The largest absolute Gasteiger partial charge is 0.457 e. The van der Waals surface area contributed by atoms with Crippen LogP contribution in [0.3, 0.4) is 0 Å². The van der Waals surface area contributed by atoms with Crippen molar-refractivity contribution in [2.24, 2.45) is 5.73 Å². The molecule has 2 nitrogen and oxygen atoms in total. The molecule has 17 heavy (non-hydrogen) atoms. The van der Waals surface area contributed by atoms with Gasteiger partial charge in [-0.2, -0.15) is 0 Å². The smallest absolute Gasteiger partial charge is 0.130 e. The van der Waals surface area contributed by atoms with Crippen LogP contribution in [0.1, 0.15) is 17.9 Å². The molecule has 0 saturated heterocycles. The second-order valence-corrected chi connectivity index (χ2v) is 4.46. The quantitative estimate of drug-likeness (QED) is 0.869. The molecule has 2 aromatic carbocycles. The topological polar surface area (TPSA) is 35.2 Å². The van der Waals surface area contributed by atoms with E-state index in [0.717, 1.165) is 17.9 Å². The number of hydrogen-bond acceptors (Lipinski definition) is 2. The van der Waals surface area contributed by atoms with E-state index >= 15 is 0 Å². The van der Waals surface area contributed by atoms with Gasteiger partial charge in [-0.15, -0.1) is 0 Å². The zero-order valence-corrected chi connectivity index (χ0v) is 9.54. The average molecular weight is 225 g/mol. The van der Waals surface area contributed by atoms with Crippen molar-refractivity contribution in [1.29, 1.82) is 0 Å². The molecular formula is C15H15NO. The predicted molar refractivity (Wildman–Crippen MR) is 68.3 cm³/mol. The van der Waals surface area contributed by atoms with Crippen molar-refractivity contribution in [2.75, 3.05) is 0 Å². The van der Waals surface area contributed by atoms with E-state index in [2.05, 4.69) is 6.07 Å². The van der Waals surface area contributed by atoms with Gasteiger partial charge in [0.1, 0.15) is 11.5 Å². The van der Waals surface area contributed by atoms with Gasteiger partial charge in [-0.3, -0.25) is 0 Å². The van der Waals surface area contributed by atoms with E-state index < -0.39 is 0 Å². The van der Waals surface area contributed by atoms with Crippen molar-refractivity contribution in [3.05, 3.63) is 60.2 Å². The van der Waals surface area contributed by atoms with E-state index in [9.17, 15) is 0 Å². The van der Waals surface area contributed by atoms with Gasteiger partial charge in [-0.25, -0.2) is 0 Å². The summed E-state index contributed by atoms with van der Waals surface area (Å²) in [5, 5.41) is 0. The molecule has 1 saturated carbocycles. The zero-order chi connectivity index (χ0) is 11.7. The standard InChI is InChI=1S/C15H15NO/c16-14-10-13(14)12-8-4-5-9-15(12)17-11-6-2-1-3-7-11/h1-9,13-14H,10,16H2/t13-,14+/m1/s1. The molecule has 0 aromatic heterocycles. The van der Waals surface area contributed by atoms with Crippen molar-refractivity contribution in [2.45, 2.75) is 18.4 Å². The Labute approximate surface area is 101 Å². The van der Waals surface area contributed by atoms with E-state index in [1.165, 1.54) is 5.56 Å². The number of nitrogens with two attached hydrogens (primary N) is 1. The number of rotatable bonds is 3. The molecule has 2 aromatic rings. The fourth-order valence-corrected chi connectivity index (χ4v) is 2.07. The van der Waals surface area contributed by atoms with Gasteiger partial charge in [-0.05, 0) is 30.2 Å². The van der Waals surface area contributed by atoms with E-state index in [0.29, 0.717) is 12.0 Å². The Hall–Kier alpha value is -1.80. The number of benzene rings is 2. The van der Waals surface area contributed by atoms with Crippen LogP contribution in [0.2, 0.25) is 0 Å². The third-order valence-corrected chi connectivity index (χ3v) is 3.13. The summed E-state index contributed by atoms with van der Waals surface area (Å²) in [6, 6.07) is 18.3. The summed E-state index contributed by atoms with van der Waals surface area (Å²) < 4.78 is 5.90. The highest BCUT2D eigenvalue weighted by molar-refractivity contribution is 5.43. The maximum absolute atomic E-state index is 5.91. The highest BCUT2D eigenvalue weighted by Crippen LogP contribution is 2.44. The molecule has 0 bridgehead atoms. The lowest BCUT2D eigenvalue weighted by molar-refractivity contribution is 0.476. The monoisotopic (exact) mass is 225 g/mol. The Morgan fingerprint density at radius 2 is 1.59 bits per heavy atom. The SMILES string of the molecule is N[C@H]1C[C@@H]1c1ccccc1Oc1ccccc1. The van der Waals surface area contributed by atoms with E-state index in [1.807, 2.05) is 48.5 Å². The molecule has 0 amide bonds. The molecule has 0 unspecified atom stereocenters. The molecule has 2 heteroatoms. The molecule has 86 valence electrons. The molecule has 0 aliphatic heterocycles. The van der Waals surface area contributed by atoms with Crippen LogP contribution in [0.15, 0.2) is 54.6 Å². The molecular weight excluding hydrogens is 210 g/mol. The Balaban J connectivity index is 1.88. The van der Waals surface area contributed by atoms with Crippen molar-refractivity contribution in [3.8, 4) is 11.5 Å². The third-order valence-electron chi connectivity index (χ3n) is 3.13. The number of ether oxygens (including phenoxy) is 1. The fourth-order valence-electron chi connectivity index (χ4n) is 2.07. The van der Waals surface area contributed by atoms with Gasteiger partial charge in [0.15, 0.2) is 0 Å². The maximum atomic E-state index is 5.91. The Morgan fingerprint density at radius 1 is 0.941 bits per heavy atom. The highest BCUT2D eigenvalue weighted by atomic mass is 16.5. The second-order valence-electron chi connectivity index (χ2n) is 4.46. The second kappa shape index (κ2) is 4.22. The predicted octanol–water partition coefficient (Wildman–Crippen LogP) is 3.29. The molecule has 1 fully saturated rings. The minimum absolute atomic E-state index is 0.301. The van der Waals surface area contributed by atoms with Crippen molar-refractivity contribution in [1.82, 2.24) is 0 Å². The van der Waals surface area contributed by atoms with E-state index in [4.69, 9.17) is 10.5 Å². The van der Waals surface area contributed by atoms with Crippen LogP contribution in [-0.4, -0.2) is 6.04 Å². The first-order chi connectivity index (χ1) is 8.34. The van der Waals surface area contributed by atoms with Crippen LogP contribution >= 0.6 is 0 Å². The molecule has 2 N–H and O–H groups in total. The molecule has 1 aliphatic rings. The third kappa shape index (κ3) is 2.17. The van der Waals surface area contributed by atoms with E-state index in [-0.39, 0.29) is 0 Å². The lowest BCUT2D eigenvalue weighted by Gasteiger charge is -2.10. The molecule has 0 heterocycles. The van der Waals surface area contributed by atoms with Gasteiger partial charge in [0.25, 0.3) is 0 Å². The summed E-state index contributed by atoms with van der Waals surface area (Å²) in [7, 11) is 0. The summed E-state index contributed by atoms with van der Waals surface area (Å²) in [6.45, 7) is 0. The fraction of sp³-hybridized carbons (Fsp3) is 0.200. The Morgan fingerprint density at radius 3 is 2.29 bits per heavy atom. The highest BCUT2D eigenvalue weighted by Gasteiger charge is 2.36. The summed E-state index contributed by atoms with van der Waals surface area (Å²) in [5.41, 5.74) is 7.13. The minimum atomic E-state index is 0.301. The zero-order valence-electron chi connectivity index (χ0n) is 9.54. The number of hydrogen-bond donors (Lipinski definition) is 1. The van der Waals surface area contributed by atoms with Crippen LogP contribution < -0.4 is 10.5 Å². The lowest BCUT2D eigenvalue weighted by Crippen LogP contribution is -2.01. The van der Waals surface area contributed by atoms with Gasteiger partial charge in [0, 0.05) is 12.0 Å². The Kier molecular flexibility index (Phi) is 2.57. The Bertz CT molecular complexity index is 509. The average Bonchev–Trinajstić information content (AvgIpc) is 3.08. The van der Waals surface area contributed by atoms with E-state index in [1.54, 1.807) is 0 Å². The van der Waals surface area contributed by atoms with Gasteiger partial charge >= 0.3 is 0 Å². The summed E-state index contributed by atoms with van der Waals surface area (Å²) in [6.07, 6.45) is 1.06. The molecule has 0 radical (unpaired) electrons. The van der Waals surface area contributed by atoms with Crippen LogP contribution in [0.25, 0.3) is 0 Å². The summed E-state index contributed by atoms with van der Waals surface area (Å²) >= 11 is 0. The molecule has 0 spiro atoms. The first-order valence-electron chi connectivity index (χ1n) is 5.92. The van der Waals surface area contributed by atoms with Gasteiger partial charge in [0.05, 0.1) is 0 Å². The summed E-state index contributed by atoms with van der Waals surface area (Å²) in [5.74, 6) is 2.26. The van der Waals surface area contributed by atoms with Crippen molar-refractivity contribution >= 4 is 0 Å². The molecule has 3 rings (SSSR count). The van der Waals surface area contributed by atoms with Crippen LogP contribution in [-0.2, 0) is 0 Å². The van der Waals surface area contributed by atoms with Crippen LogP contribution in [0.5, 0.6) is 11.5 Å². The molecule has 1 aliphatic carbocycles. The van der Waals surface area contributed by atoms with Crippen molar-refractivity contribution < 1.29 is 4.74 Å². The minimum Gasteiger partial charge on any atom is -0.457 e. The number of para-hydroxylation sites is 2. The van der Waals surface area contributed by atoms with Crippen LogP contribution in [0.4, 0.5) is 0 Å². The lowest BCUT2D eigenvalue weighted by atomic mass is 10.1. The maximum Gasteiger partial charge on any atom is 0.130 e. The molecule has 2 atom stereocenters. The van der Waals surface area contributed by atoms with Crippen molar-refractivity contribution in [3.63, 3.8) is 0 Å². The first kappa shape index (κ1) is 10.4. The van der Waals surface area contributed by atoms with Crippen LogP contribution in [0, 0.1) is 0 Å². The normalized spacial score (nSPS) is 22.2. The van der Waals surface area contributed by atoms with Gasteiger partial charge in [-0.1, -0.05) is 36.4 Å². The van der Waals surface area contributed by atoms with Gasteiger partial charge in [0.2, 0.25) is 0 Å².